The van der Waals surface area contributed by atoms with Crippen LogP contribution in [0.1, 0.15) is 21.5 Å². The van der Waals surface area contributed by atoms with Crippen LogP contribution in [0.5, 0.6) is 11.5 Å². The van der Waals surface area contributed by atoms with Gasteiger partial charge in [0.15, 0.2) is 5.75 Å². The summed E-state index contributed by atoms with van der Waals surface area (Å²) in [7, 11) is 0. The fourth-order valence-corrected chi connectivity index (χ4v) is 3.57. The topological polar surface area (TPSA) is 89.8 Å². The predicted molar refractivity (Wildman–Crippen MR) is 99.2 cm³/mol. The van der Waals surface area contributed by atoms with Crippen molar-refractivity contribution in [3.8, 4) is 11.5 Å². The molecule has 0 atom stereocenters. The Bertz CT molecular complexity index is 896. The average Bonchev–Trinajstić information content (AvgIpc) is 2.53. The summed E-state index contributed by atoms with van der Waals surface area (Å²) in [5.41, 5.74) is 2.36. The number of carboxylic acids is 1. The van der Waals surface area contributed by atoms with E-state index in [2.05, 4.69) is 37.2 Å². The first-order valence-electron chi connectivity index (χ1n) is 6.81. The molecule has 0 unspecified atom stereocenters. The number of aromatic hydroxyl groups is 2. The minimum absolute atomic E-state index is 0.110. The Morgan fingerprint density at radius 2 is 1.71 bits per heavy atom. The van der Waals surface area contributed by atoms with Gasteiger partial charge >= 0.3 is 5.97 Å². The van der Waals surface area contributed by atoms with Crippen LogP contribution in [0.3, 0.4) is 0 Å². The third kappa shape index (κ3) is 3.05. The summed E-state index contributed by atoms with van der Waals surface area (Å²) in [6.45, 7) is 0. The summed E-state index contributed by atoms with van der Waals surface area (Å²) in [5, 5.41) is 32.0. The van der Waals surface area contributed by atoms with Gasteiger partial charge in [0.25, 0.3) is 0 Å². The van der Waals surface area contributed by atoms with Crippen LogP contribution in [0, 0.1) is 0 Å². The van der Waals surface area contributed by atoms with Crippen molar-refractivity contribution in [3.63, 3.8) is 0 Å². The summed E-state index contributed by atoms with van der Waals surface area (Å²) in [6, 6.07) is 6.48. The molecule has 2 aromatic rings. The number of halogens is 2. The second-order valence-corrected chi connectivity index (χ2v) is 6.83. The monoisotopic (exact) mass is 451 g/mol. The molecule has 7 heteroatoms. The SMILES string of the molecule is O=C(O)c1ccc2c(c1O)N/C(=C/c1cc(Br)c(O)c(Br)c1)C=C2. The smallest absolute Gasteiger partial charge is 0.339 e. The number of allylic oxidation sites excluding steroid dienone is 1. The van der Waals surface area contributed by atoms with Crippen LogP contribution in [0.4, 0.5) is 5.69 Å². The van der Waals surface area contributed by atoms with Crippen LogP contribution in [0.25, 0.3) is 12.2 Å². The molecule has 24 heavy (non-hydrogen) atoms. The van der Waals surface area contributed by atoms with Crippen molar-refractivity contribution in [1.82, 2.24) is 0 Å². The summed E-state index contributed by atoms with van der Waals surface area (Å²) in [6.07, 6.45) is 5.41. The highest BCUT2D eigenvalue weighted by atomic mass is 79.9. The zero-order chi connectivity index (χ0) is 17.4. The van der Waals surface area contributed by atoms with Crippen LogP contribution < -0.4 is 5.32 Å². The van der Waals surface area contributed by atoms with Crippen LogP contribution >= 0.6 is 31.9 Å². The van der Waals surface area contributed by atoms with E-state index in [0.29, 0.717) is 25.9 Å². The van der Waals surface area contributed by atoms with Gasteiger partial charge in [-0.1, -0.05) is 12.1 Å². The molecule has 0 spiro atoms. The van der Waals surface area contributed by atoms with E-state index in [-0.39, 0.29) is 17.1 Å². The molecule has 122 valence electrons. The number of hydrogen-bond acceptors (Lipinski definition) is 4. The van der Waals surface area contributed by atoms with Gasteiger partial charge in [0.2, 0.25) is 0 Å². The number of benzene rings is 2. The zero-order valence-electron chi connectivity index (χ0n) is 12.0. The third-order valence-electron chi connectivity index (χ3n) is 3.51. The Labute approximate surface area is 154 Å². The number of nitrogens with one attached hydrogen (secondary N) is 1. The van der Waals surface area contributed by atoms with Gasteiger partial charge in [0.05, 0.1) is 14.6 Å². The van der Waals surface area contributed by atoms with Gasteiger partial charge in [-0.05, 0) is 67.8 Å². The number of carboxylic acid groups (broad SMARTS) is 1. The normalized spacial score (nSPS) is 14.3. The molecule has 0 radical (unpaired) electrons. The molecule has 0 saturated heterocycles. The molecule has 3 rings (SSSR count). The van der Waals surface area contributed by atoms with Gasteiger partial charge in [-0.3, -0.25) is 0 Å². The van der Waals surface area contributed by atoms with Crippen molar-refractivity contribution in [3.05, 3.63) is 61.7 Å². The summed E-state index contributed by atoms with van der Waals surface area (Å²) in [5.74, 6) is -1.38. The number of rotatable bonds is 2. The summed E-state index contributed by atoms with van der Waals surface area (Å²) in [4.78, 5) is 11.1. The predicted octanol–water partition coefficient (Wildman–Crippen LogP) is 4.80. The number of aromatic carboxylic acids is 1. The molecule has 0 aliphatic carbocycles. The van der Waals surface area contributed by atoms with Crippen LogP contribution in [0.15, 0.2) is 45.0 Å². The van der Waals surface area contributed by atoms with E-state index in [4.69, 9.17) is 5.11 Å². The Hall–Kier alpha value is -2.25. The minimum atomic E-state index is -1.19. The Morgan fingerprint density at radius 3 is 2.33 bits per heavy atom. The highest BCUT2D eigenvalue weighted by Gasteiger charge is 2.18. The standard InChI is InChI=1S/C17H11Br2NO4/c18-12-6-8(7-13(19)16(12)22)5-10-3-1-9-2-4-11(17(23)24)15(21)14(9)20-10/h1-7,20-22H,(H,23,24)/b10-5+. The third-order valence-corrected chi connectivity index (χ3v) is 4.72. The highest BCUT2D eigenvalue weighted by molar-refractivity contribution is 9.11. The van der Waals surface area contributed by atoms with Crippen molar-refractivity contribution in [1.29, 1.82) is 0 Å². The molecule has 2 aromatic carbocycles. The second kappa shape index (κ2) is 6.33. The fourth-order valence-electron chi connectivity index (χ4n) is 2.35. The first-order chi connectivity index (χ1) is 11.4. The summed E-state index contributed by atoms with van der Waals surface area (Å²) >= 11 is 6.54. The number of phenolic OH excluding ortho intramolecular Hbond substituents is 1. The second-order valence-electron chi connectivity index (χ2n) is 5.12. The maximum absolute atomic E-state index is 11.1. The van der Waals surface area contributed by atoms with Gasteiger partial charge in [-0.2, -0.15) is 0 Å². The first-order valence-corrected chi connectivity index (χ1v) is 8.39. The van der Waals surface area contributed by atoms with Gasteiger partial charge in [-0.15, -0.1) is 0 Å². The Kier molecular flexibility index (Phi) is 4.38. The van der Waals surface area contributed by atoms with Gasteiger partial charge in [0, 0.05) is 11.3 Å². The lowest BCUT2D eigenvalue weighted by molar-refractivity contribution is 0.0694. The lowest BCUT2D eigenvalue weighted by Gasteiger charge is -2.18. The molecule has 1 aliphatic heterocycles. The van der Waals surface area contributed by atoms with Crippen molar-refractivity contribution in [2.75, 3.05) is 5.32 Å². The molecular weight excluding hydrogens is 442 g/mol. The molecule has 0 bridgehead atoms. The lowest BCUT2D eigenvalue weighted by Crippen LogP contribution is -2.06. The van der Waals surface area contributed by atoms with Crippen molar-refractivity contribution >= 4 is 55.7 Å². The average molecular weight is 453 g/mol. The quantitative estimate of drug-likeness (QED) is 0.491. The molecule has 4 N–H and O–H groups in total. The molecule has 1 aliphatic rings. The van der Waals surface area contributed by atoms with Crippen molar-refractivity contribution < 1.29 is 20.1 Å². The number of anilines is 1. The van der Waals surface area contributed by atoms with Crippen molar-refractivity contribution in [2.24, 2.45) is 0 Å². The lowest BCUT2D eigenvalue weighted by atomic mass is 10.0. The van der Waals surface area contributed by atoms with E-state index < -0.39 is 5.97 Å². The van der Waals surface area contributed by atoms with Crippen LogP contribution in [0.2, 0.25) is 0 Å². The van der Waals surface area contributed by atoms with E-state index in [1.165, 1.54) is 6.07 Å². The minimum Gasteiger partial charge on any atom is -0.506 e. The molecule has 5 nitrogen and oxygen atoms in total. The maximum Gasteiger partial charge on any atom is 0.339 e. The van der Waals surface area contributed by atoms with Gasteiger partial charge in [-0.25, -0.2) is 4.79 Å². The van der Waals surface area contributed by atoms with E-state index in [1.807, 2.05) is 6.08 Å². The molecule has 0 fully saturated rings. The van der Waals surface area contributed by atoms with Gasteiger partial charge < -0.3 is 20.6 Å². The first kappa shape index (κ1) is 16.6. The molecule has 0 saturated carbocycles. The Balaban J connectivity index is 2.01. The maximum atomic E-state index is 11.1. The van der Waals surface area contributed by atoms with Crippen LogP contribution in [-0.4, -0.2) is 21.3 Å². The number of carbonyl (C=O) groups is 1. The van der Waals surface area contributed by atoms with E-state index in [0.717, 1.165) is 5.56 Å². The summed E-state index contributed by atoms with van der Waals surface area (Å²) < 4.78 is 1.08. The zero-order valence-corrected chi connectivity index (χ0v) is 15.2. The van der Waals surface area contributed by atoms with Crippen LogP contribution in [-0.2, 0) is 0 Å². The molecule has 1 heterocycles. The molecule has 0 aromatic heterocycles. The van der Waals surface area contributed by atoms with Crippen molar-refractivity contribution in [2.45, 2.75) is 0 Å². The number of fused-ring (bicyclic) bond motifs is 1. The molecular formula is C17H11Br2NO4. The van der Waals surface area contributed by atoms with E-state index in [1.54, 1.807) is 30.4 Å². The Morgan fingerprint density at radius 1 is 1.04 bits per heavy atom. The highest BCUT2D eigenvalue weighted by Crippen LogP contribution is 2.37. The number of phenols is 2. The van der Waals surface area contributed by atoms with Gasteiger partial charge in [0.1, 0.15) is 11.3 Å². The van der Waals surface area contributed by atoms with E-state index in [9.17, 15) is 15.0 Å². The van der Waals surface area contributed by atoms with E-state index >= 15 is 0 Å². The fraction of sp³-hybridized carbons (Fsp3) is 0. The number of hydrogen-bond donors (Lipinski definition) is 4. The largest absolute Gasteiger partial charge is 0.506 e. The molecule has 0 amide bonds.